The van der Waals surface area contributed by atoms with Crippen molar-refractivity contribution >= 4 is 47.6 Å². The summed E-state index contributed by atoms with van der Waals surface area (Å²) in [5.41, 5.74) is 0.504. The maximum absolute atomic E-state index is 13.6. The largest absolute Gasteiger partial charge is 0.366 e. The summed E-state index contributed by atoms with van der Waals surface area (Å²) in [4.78, 5) is 23.4. The molecule has 0 amide bonds. The normalized spacial score (nSPS) is 13.7. The van der Waals surface area contributed by atoms with Crippen molar-refractivity contribution in [3.63, 3.8) is 0 Å². The van der Waals surface area contributed by atoms with Gasteiger partial charge in [0.15, 0.2) is 5.65 Å². The zero-order valence-electron chi connectivity index (χ0n) is 16.1. The van der Waals surface area contributed by atoms with Gasteiger partial charge in [-0.05, 0) is 30.5 Å². The van der Waals surface area contributed by atoms with Crippen LogP contribution in [-0.2, 0) is 4.57 Å². The van der Waals surface area contributed by atoms with E-state index >= 15 is 0 Å². The predicted molar refractivity (Wildman–Crippen MR) is 113 cm³/mol. The van der Waals surface area contributed by atoms with Crippen LogP contribution in [0.25, 0.3) is 16.8 Å². The Kier molecular flexibility index (Phi) is 5.71. The summed E-state index contributed by atoms with van der Waals surface area (Å²) in [5, 5.41) is 7.15. The number of anilines is 1. The Hall–Kier alpha value is -1.70. The minimum atomic E-state index is -4.63. The van der Waals surface area contributed by atoms with Crippen LogP contribution in [0.5, 0.6) is 0 Å². The Morgan fingerprint density at radius 1 is 1.28 bits per heavy atom. The van der Waals surface area contributed by atoms with Gasteiger partial charge in [-0.25, -0.2) is 9.37 Å². The van der Waals surface area contributed by atoms with Gasteiger partial charge in [0, 0.05) is 11.6 Å². The van der Waals surface area contributed by atoms with E-state index in [4.69, 9.17) is 23.2 Å². The molecule has 1 atom stereocenters. The van der Waals surface area contributed by atoms with Crippen LogP contribution in [0.3, 0.4) is 0 Å². The molecule has 1 unspecified atom stereocenters. The first-order valence-electron chi connectivity index (χ1n) is 8.66. The van der Waals surface area contributed by atoms with Crippen molar-refractivity contribution < 1.29 is 18.7 Å². The van der Waals surface area contributed by atoms with Crippen molar-refractivity contribution in [2.45, 2.75) is 33.7 Å². The van der Waals surface area contributed by atoms with Crippen LogP contribution in [0.1, 0.15) is 27.7 Å². The second-order valence-corrected chi connectivity index (χ2v) is 10.1. The molecule has 0 aliphatic carbocycles. The molecule has 1 aromatic carbocycles. The molecule has 29 heavy (non-hydrogen) atoms. The quantitative estimate of drug-likeness (QED) is 0.391. The van der Waals surface area contributed by atoms with Gasteiger partial charge in [-0.2, -0.15) is 9.61 Å². The summed E-state index contributed by atoms with van der Waals surface area (Å²) in [6, 6.07) is 3.75. The van der Waals surface area contributed by atoms with Gasteiger partial charge in [0.25, 0.3) is 0 Å². The molecule has 3 rings (SSSR count). The predicted octanol–water partition coefficient (Wildman–Crippen LogP) is 4.49. The van der Waals surface area contributed by atoms with Crippen molar-refractivity contribution in [3.05, 3.63) is 40.4 Å². The zero-order valence-corrected chi connectivity index (χ0v) is 18.5. The third-order valence-corrected chi connectivity index (χ3v) is 6.28. The fourth-order valence-electron chi connectivity index (χ4n) is 2.65. The van der Waals surface area contributed by atoms with Crippen molar-refractivity contribution in [2.24, 2.45) is 5.41 Å². The molecule has 0 fully saturated rings. The van der Waals surface area contributed by atoms with Crippen LogP contribution in [-0.4, -0.2) is 30.4 Å². The second-order valence-electron chi connectivity index (χ2n) is 7.79. The second kappa shape index (κ2) is 7.52. The van der Waals surface area contributed by atoms with Crippen LogP contribution < -0.4 is 10.6 Å². The van der Waals surface area contributed by atoms with Crippen LogP contribution in [0.2, 0.25) is 10.2 Å². The number of hydrogen-bond acceptors (Lipinski definition) is 4. The van der Waals surface area contributed by atoms with Crippen molar-refractivity contribution in [1.29, 1.82) is 0 Å². The van der Waals surface area contributed by atoms with E-state index in [0.717, 1.165) is 12.3 Å². The Morgan fingerprint density at radius 2 is 1.93 bits per heavy atom. The van der Waals surface area contributed by atoms with Gasteiger partial charge in [-0.3, -0.25) is 4.57 Å². The summed E-state index contributed by atoms with van der Waals surface area (Å²) in [5.74, 6) is -0.167. The molecule has 3 aromatic rings. The lowest BCUT2D eigenvalue weighted by Gasteiger charge is -2.30. The van der Waals surface area contributed by atoms with Gasteiger partial charge in [0.2, 0.25) is 0 Å². The van der Waals surface area contributed by atoms with Gasteiger partial charge in [0.05, 0.1) is 16.8 Å². The van der Waals surface area contributed by atoms with Crippen LogP contribution in [0.15, 0.2) is 24.4 Å². The summed E-state index contributed by atoms with van der Waals surface area (Å²) < 4.78 is 26.7. The molecule has 0 saturated heterocycles. The SMILES string of the molecule is CC(Nc1c(-c2ccc(F)cc2Cl)c(Cl)nc2c(P(=O)(O)O)cnn12)C(C)(C)C. The summed E-state index contributed by atoms with van der Waals surface area (Å²) >= 11 is 12.7. The van der Waals surface area contributed by atoms with Crippen LogP contribution >= 0.6 is 30.8 Å². The number of nitrogens with zero attached hydrogens (tertiary/aromatic N) is 3. The lowest BCUT2D eigenvalue weighted by atomic mass is 9.88. The van der Waals surface area contributed by atoms with Gasteiger partial charge in [-0.15, -0.1) is 0 Å². The molecule has 2 heterocycles. The number of halogens is 3. The Morgan fingerprint density at radius 3 is 2.48 bits per heavy atom. The van der Waals surface area contributed by atoms with Crippen LogP contribution in [0, 0.1) is 11.2 Å². The van der Waals surface area contributed by atoms with E-state index in [0.29, 0.717) is 16.9 Å². The minimum Gasteiger partial charge on any atom is -0.366 e. The highest BCUT2D eigenvalue weighted by Gasteiger charge is 2.30. The first-order chi connectivity index (χ1) is 13.3. The van der Waals surface area contributed by atoms with Gasteiger partial charge in [0.1, 0.15) is 22.1 Å². The fraction of sp³-hybridized carbons (Fsp3) is 0.333. The molecular weight excluding hydrogens is 441 g/mol. The maximum atomic E-state index is 13.6. The molecule has 156 valence electrons. The van der Waals surface area contributed by atoms with Crippen molar-refractivity contribution in [1.82, 2.24) is 14.6 Å². The topological polar surface area (TPSA) is 99.8 Å². The van der Waals surface area contributed by atoms with E-state index in [9.17, 15) is 18.7 Å². The molecule has 0 aliphatic rings. The lowest BCUT2D eigenvalue weighted by Crippen LogP contribution is -2.32. The van der Waals surface area contributed by atoms with E-state index in [1.165, 1.54) is 16.6 Å². The Labute approximate surface area is 177 Å². The maximum Gasteiger partial charge on any atom is 0.361 e. The van der Waals surface area contributed by atoms with E-state index in [1.54, 1.807) is 0 Å². The number of rotatable bonds is 4. The van der Waals surface area contributed by atoms with Gasteiger partial charge in [-0.1, -0.05) is 44.0 Å². The van der Waals surface area contributed by atoms with Gasteiger partial charge >= 0.3 is 7.60 Å². The first-order valence-corrected chi connectivity index (χ1v) is 11.0. The van der Waals surface area contributed by atoms with Crippen molar-refractivity contribution in [3.8, 4) is 11.1 Å². The Bertz CT molecular complexity index is 1140. The smallest absolute Gasteiger partial charge is 0.361 e. The minimum absolute atomic E-state index is 0.0511. The number of nitrogens with one attached hydrogen (secondary N) is 1. The summed E-state index contributed by atoms with van der Waals surface area (Å²) in [7, 11) is -4.63. The molecule has 0 bridgehead atoms. The van der Waals surface area contributed by atoms with E-state index < -0.39 is 13.4 Å². The van der Waals surface area contributed by atoms with E-state index in [2.05, 4.69) is 15.4 Å². The number of aromatic nitrogens is 3. The monoisotopic (exact) mass is 460 g/mol. The third-order valence-electron chi connectivity index (χ3n) is 4.75. The standard InChI is InChI=1S/C18H20Cl2FN4O3P/c1-9(18(2,3)4)23-17-14(11-6-5-10(21)7-12(11)19)15(20)24-16-13(29(26,27)28)8-22-25(16)17/h5-9,23H,1-4H3,(H2,26,27,28). The molecule has 2 aromatic heterocycles. The molecule has 0 aliphatic heterocycles. The molecule has 0 spiro atoms. The number of benzene rings is 1. The average Bonchev–Trinajstić information content (AvgIpc) is 2.99. The van der Waals surface area contributed by atoms with E-state index in [1.807, 2.05) is 27.7 Å². The lowest BCUT2D eigenvalue weighted by molar-refractivity contribution is 0.358. The molecule has 3 N–H and O–H groups in total. The molecule has 7 nitrogen and oxygen atoms in total. The highest BCUT2D eigenvalue weighted by Crippen LogP contribution is 2.41. The molecule has 11 heteroatoms. The highest BCUT2D eigenvalue weighted by atomic mass is 35.5. The van der Waals surface area contributed by atoms with Crippen molar-refractivity contribution in [2.75, 3.05) is 5.32 Å². The first kappa shape index (κ1) is 22.0. The zero-order chi connectivity index (χ0) is 21.7. The Balaban J connectivity index is 2.37. The average molecular weight is 461 g/mol. The molecule has 0 radical (unpaired) electrons. The molecular formula is C18H20Cl2FN4O3P. The van der Waals surface area contributed by atoms with Gasteiger partial charge < -0.3 is 15.1 Å². The summed E-state index contributed by atoms with van der Waals surface area (Å²) in [6.07, 6.45) is 1.06. The van der Waals surface area contributed by atoms with E-state index in [-0.39, 0.29) is 32.6 Å². The summed E-state index contributed by atoms with van der Waals surface area (Å²) in [6.45, 7) is 8.03. The number of hydrogen-bond donors (Lipinski definition) is 3. The highest BCUT2D eigenvalue weighted by molar-refractivity contribution is 7.60. The van der Waals surface area contributed by atoms with Crippen LogP contribution in [0.4, 0.5) is 10.2 Å². The molecule has 0 saturated carbocycles. The number of fused-ring (bicyclic) bond motifs is 1. The fourth-order valence-corrected chi connectivity index (χ4v) is 3.79. The third kappa shape index (κ3) is 4.27.